The number of aryl methyl sites for hydroxylation is 2. The van der Waals surface area contributed by atoms with Gasteiger partial charge in [-0.2, -0.15) is 0 Å². The van der Waals surface area contributed by atoms with E-state index in [4.69, 9.17) is 0 Å². The molecule has 114 valence electrons. The third kappa shape index (κ3) is 3.40. The van der Waals surface area contributed by atoms with Gasteiger partial charge >= 0.3 is 0 Å². The number of piperazine rings is 1. The molecule has 1 aromatic rings. The maximum Gasteiger partial charge on any atom is 0.245 e. The number of carbonyl (C=O) groups is 2. The third-order valence-corrected chi connectivity index (χ3v) is 3.73. The van der Waals surface area contributed by atoms with Crippen LogP contribution in [0.1, 0.15) is 36.5 Å². The molecule has 2 amide bonds. The van der Waals surface area contributed by atoms with E-state index in [9.17, 15) is 14.0 Å². The summed E-state index contributed by atoms with van der Waals surface area (Å²) in [6.45, 7) is 5.79. The molecule has 1 N–H and O–H groups in total. The number of benzene rings is 1. The zero-order chi connectivity index (χ0) is 15.6. The fourth-order valence-corrected chi connectivity index (χ4v) is 2.74. The van der Waals surface area contributed by atoms with Crippen LogP contribution < -0.4 is 5.32 Å². The van der Waals surface area contributed by atoms with Crippen LogP contribution in [0.15, 0.2) is 12.1 Å². The first-order valence-corrected chi connectivity index (χ1v) is 7.26. The molecule has 1 saturated heterocycles. The van der Waals surface area contributed by atoms with E-state index in [-0.39, 0.29) is 24.2 Å². The Bertz CT molecular complexity index is 548. The van der Waals surface area contributed by atoms with Crippen LogP contribution in [0.4, 0.5) is 4.39 Å². The quantitative estimate of drug-likeness (QED) is 0.923. The minimum Gasteiger partial charge on any atom is -0.343 e. The van der Waals surface area contributed by atoms with Crippen LogP contribution in [-0.2, 0) is 16.1 Å². The van der Waals surface area contributed by atoms with Gasteiger partial charge in [0, 0.05) is 6.54 Å². The van der Waals surface area contributed by atoms with Gasteiger partial charge in [-0.1, -0.05) is 25.5 Å². The molecule has 1 fully saturated rings. The lowest BCUT2D eigenvalue weighted by Gasteiger charge is -2.32. The van der Waals surface area contributed by atoms with Gasteiger partial charge in [0.15, 0.2) is 0 Å². The highest BCUT2D eigenvalue weighted by atomic mass is 19.1. The minimum atomic E-state index is -0.432. The zero-order valence-corrected chi connectivity index (χ0v) is 12.7. The maximum atomic E-state index is 13.6. The molecule has 0 spiro atoms. The number of hydrogen-bond acceptors (Lipinski definition) is 2. The molecular formula is C16H21FN2O2. The molecule has 1 unspecified atom stereocenters. The average Bonchev–Trinajstić information content (AvgIpc) is 2.41. The average molecular weight is 292 g/mol. The van der Waals surface area contributed by atoms with E-state index in [1.165, 1.54) is 0 Å². The van der Waals surface area contributed by atoms with E-state index in [0.717, 1.165) is 12.0 Å². The van der Waals surface area contributed by atoms with Crippen LogP contribution in [0.2, 0.25) is 0 Å². The highest BCUT2D eigenvalue weighted by Crippen LogP contribution is 2.18. The molecule has 2 rings (SSSR count). The predicted octanol–water partition coefficient (Wildman–Crippen LogP) is 2.07. The first kappa shape index (κ1) is 15.5. The summed E-state index contributed by atoms with van der Waals surface area (Å²) in [5.41, 5.74) is 1.97. The summed E-state index contributed by atoms with van der Waals surface area (Å²) in [6, 6.07) is 3.03. The van der Waals surface area contributed by atoms with E-state index >= 15 is 0 Å². The number of halogens is 1. The SMILES string of the molecule is CCCC1NC(=O)CN(Cc2cc(C)c(F)c(C)c2)C1=O. The monoisotopic (exact) mass is 292 g/mol. The Balaban J connectivity index is 2.18. The molecule has 1 aliphatic rings. The van der Waals surface area contributed by atoms with Crippen molar-refractivity contribution < 1.29 is 14.0 Å². The first-order chi connectivity index (χ1) is 9.92. The van der Waals surface area contributed by atoms with E-state index < -0.39 is 6.04 Å². The van der Waals surface area contributed by atoms with Crippen molar-refractivity contribution in [3.8, 4) is 0 Å². The van der Waals surface area contributed by atoms with Crippen LogP contribution in [0.25, 0.3) is 0 Å². The number of hydrogen-bond donors (Lipinski definition) is 1. The molecule has 5 heteroatoms. The van der Waals surface area contributed by atoms with Gasteiger partial charge in [-0.15, -0.1) is 0 Å². The van der Waals surface area contributed by atoms with Crippen molar-refractivity contribution in [2.75, 3.05) is 6.54 Å². The summed E-state index contributed by atoms with van der Waals surface area (Å²) in [5.74, 6) is -0.412. The van der Waals surface area contributed by atoms with Crippen molar-refractivity contribution >= 4 is 11.8 Å². The van der Waals surface area contributed by atoms with Gasteiger partial charge in [-0.3, -0.25) is 9.59 Å². The van der Waals surface area contributed by atoms with Crippen molar-refractivity contribution in [3.05, 3.63) is 34.6 Å². The van der Waals surface area contributed by atoms with Gasteiger partial charge in [-0.05, 0) is 37.0 Å². The lowest BCUT2D eigenvalue weighted by Crippen LogP contribution is -2.57. The molecule has 1 heterocycles. The molecule has 0 saturated carbocycles. The lowest BCUT2D eigenvalue weighted by atomic mass is 10.0. The smallest absolute Gasteiger partial charge is 0.245 e. The minimum absolute atomic E-state index is 0.0592. The van der Waals surface area contributed by atoms with Crippen molar-refractivity contribution in [1.82, 2.24) is 10.2 Å². The van der Waals surface area contributed by atoms with Gasteiger partial charge in [0.2, 0.25) is 11.8 Å². The summed E-state index contributed by atoms with van der Waals surface area (Å²) in [5, 5.41) is 2.72. The summed E-state index contributed by atoms with van der Waals surface area (Å²) >= 11 is 0. The first-order valence-electron chi connectivity index (χ1n) is 7.26. The highest BCUT2D eigenvalue weighted by molar-refractivity contribution is 5.94. The number of carbonyl (C=O) groups excluding carboxylic acids is 2. The number of rotatable bonds is 4. The number of nitrogens with zero attached hydrogens (tertiary/aromatic N) is 1. The van der Waals surface area contributed by atoms with E-state index in [1.54, 1.807) is 30.9 Å². The van der Waals surface area contributed by atoms with Gasteiger partial charge in [-0.25, -0.2) is 4.39 Å². The van der Waals surface area contributed by atoms with E-state index in [2.05, 4.69) is 5.32 Å². The highest BCUT2D eigenvalue weighted by Gasteiger charge is 2.31. The Kier molecular flexibility index (Phi) is 4.60. The molecular weight excluding hydrogens is 271 g/mol. The van der Waals surface area contributed by atoms with E-state index in [0.29, 0.717) is 24.1 Å². The molecule has 0 aliphatic carbocycles. The fourth-order valence-electron chi connectivity index (χ4n) is 2.74. The largest absolute Gasteiger partial charge is 0.343 e. The van der Waals surface area contributed by atoms with Crippen LogP contribution >= 0.6 is 0 Å². The number of nitrogens with one attached hydrogen (secondary N) is 1. The zero-order valence-electron chi connectivity index (χ0n) is 12.7. The third-order valence-electron chi connectivity index (χ3n) is 3.73. The topological polar surface area (TPSA) is 49.4 Å². The Morgan fingerprint density at radius 1 is 1.29 bits per heavy atom. The molecule has 0 radical (unpaired) electrons. The second kappa shape index (κ2) is 6.24. The van der Waals surface area contributed by atoms with Crippen LogP contribution in [0, 0.1) is 19.7 Å². The fraction of sp³-hybridized carbons (Fsp3) is 0.500. The Morgan fingerprint density at radius 2 is 1.90 bits per heavy atom. The van der Waals surface area contributed by atoms with Gasteiger partial charge < -0.3 is 10.2 Å². The Hall–Kier alpha value is -1.91. The Morgan fingerprint density at radius 3 is 2.48 bits per heavy atom. The summed E-state index contributed by atoms with van der Waals surface area (Å²) in [4.78, 5) is 25.6. The molecule has 1 atom stereocenters. The van der Waals surface area contributed by atoms with Crippen LogP contribution in [0.3, 0.4) is 0 Å². The summed E-state index contributed by atoms with van der Waals surface area (Å²) in [7, 11) is 0. The molecule has 1 aliphatic heterocycles. The van der Waals surface area contributed by atoms with Crippen molar-refractivity contribution in [2.45, 2.75) is 46.2 Å². The molecule has 1 aromatic carbocycles. The molecule has 21 heavy (non-hydrogen) atoms. The van der Waals surface area contributed by atoms with Crippen LogP contribution in [0.5, 0.6) is 0 Å². The number of amides is 2. The molecule has 0 aromatic heterocycles. The standard InChI is InChI=1S/C16H21FN2O2/c1-4-5-13-16(21)19(9-14(20)18-13)8-12-6-10(2)15(17)11(3)7-12/h6-7,13H,4-5,8-9H2,1-3H3,(H,18,20). The normalized spacial score (nSPS) is 18.9. The van der Waals surface area contributed by atoms with Gasteiger partial charge in [0.1, 0.15) is 11.9 Å². The summed E-state index contributed by atoms with van der Waals surface area (Å²) < 4.78 is 13.6. The second-order valence-electron chi connectivity index (χ2n) is 5.65. The molecule has 4 nitrogen and oxygen atoms in total. The lowest BCUT2D eigenvalue weighted by molar-refractivity contribution is -0.145. The van der Waals surface area contributed by atoms with E-state index in [1.807, 2.05) is 6.92 Å². The van der Waals surface area contributed by atoms with Crippen molar-refractivity contribution in [2.24, 2.45) is 0 Å². The maximum absolute atomic E-state index is 13.6. The van der Waals surface area contributed by atoms with Crippen molar-refractivity contribution in [1.29, 1.82) is 0 Å². The van der Waals surface area contributed by atoms with Gasteiger partial charge in [0.05, 0.1) is 6.54 Å². The Labute approximate surface area is 124 Å². The van der Waals surface area contributed by atoms with Crippen LogP contribution in [-0.4, -0.2) is 29.3 Å². The van der Waals surface area contributed by atoms with Gasteiger partial charge in [0.25, 0.3) is 0 Å². The second-order valence-corrected chi connectivity index (χ2v) is 5.65. The molecule has 0 bridgehead atoms. The van der Waals surface area contributed by atoms with Crippen molar-refractivity contribution in [3.63, 3.8) is 0 Å². The predicted molar refractivity (Wildman–Crippen MR) is 78.1 cm³/mol. The summed E-state index contributed by atoms with van der Waals surface area (Å²) in [6.07, 6.45) is 1.47.